The fourth-order valence-electron chi connectivity index (χ4n) is 2.04. The normalized spacial score (nSPS) is 10.6. The van der Waals surface area contributed by atoms with Crippen molar-refractivity contribution in [3.63, 3.8) is 0 Å². The highest BCUT2D eigenvalue weighted by Crippen LogP contribution is 2.25. The van der Waals surface area contributed by atoms with Crippen molar-refractivity contribution in [1.82, 2.24) is 10.1 Å². The Bertz CT molecular complexity index is 849. The van der Waals surface area contributed by atoms with E-state index in [-0.39, 0.29) is 5.91 Å². The molecule has 0 bridgehead atoms. The van der Waals surface area contributed by atoms with Crippen molar-refractivity contribution in [2.45, 2.75) is 17.7 Å². The highest BCUT2D eigenvalue weighted by molar-refractivity contribution is 9.10. The summed E-state index contributed by atoms with van der Waals surface area (Å²) in [5, 5.41) is 7.49. The SMILES string of the molecule is Cc1cc(CSc2ncccc2C(=O)Nc2ccc(Br)cc2)no1. The van der Waals surface area contributed by atoms with Gasteiger partial charge in [0, 0.05) is 28.2 Å². The Morgan fingerprint density at radius 3 is 2.79 bits per heavy atom. The molecule has 1 N–H and O–H groups in total. The lowest BCUT2D eigenvalue weighted by molar-refractivity contribution is 0.102. The van der Waals surface area contributed by atoms with Gasteiger partial charge >= 0.3 is 0 Å². The molecule has 0 fully saturated rings. The molecule has 1 aromatic carbocycles. The van der Waals surface area contributed by atoms with Gasteiger partial charge in [0.2, 0.25) is 0 Å². The summed E-state index contributed by atoms with van der Waals surface area (Å²) in [6.07, 6.45) is 1.67. The van der Waals surface area contributed by atoms with Crippen molar-refractivity contribution < 1.29 is 9.32 Å². The minimum atomic E-state index is -0.191. The number of hydrogen-bond acceptors (Lipinski definition) is 5. The molecule has 3 aromatic rings. The van der Waals surface area contributed by atoms with E-state index >= 15 is 0 Å². The fourth-order valence-corrected chi connectivity index (χ4v) is 3.18. The zero-order chi connectivity index (χ0) is 16.9. The maximum Gasteiger partial charge on any atom is 0.258 e. The number of carbonyl (C=O) groups is 1. The molecule has 0 spiro atoms. The summed E-state index contributed by atoms with van der Waals surface area (Å²) < 4.78 is 6.01. The van der Waals surface area contributed by atoms with Gasteiger partial charge in [0.15, 0.2) is 0 Å². The summed E-state index contributed by atoms with van der Waals surface area (Å²) in [5.74, 6) is 1.16. The van der Waals surface area contributed by atoms with Crippen LogP contribution >= 0.6 is 27.7 Å². The number of thioether (sulfide) groups is 1. The molecule has 3 rings (SSSR count). The predicted octanol–water partition coefficient (Wildman–Crippen LogP) is 4.69. The van der Waals surface area contributed by atoms with Gasteiger partial charge < -0.3 is 9.84 Å². The summed E-state index contributed by atoms with van der Waals surface area (Å²) in [4.78, 5) is 16.8. The third-order valence-electron chi connectivity index (χ3n) is 3.15. The highest BCUT2D eigenvalue weighted by atomic mass is 79.9. The van der Waals surface area contributed by atoms with Crippen molar-refractivity contribution in [3.05, 3.63) is 70.2 Å². The summed E-state index contributed by atoms with van der Waals surface area (Å²) in [6.45, 7) is 1.85. The van der Waals surface area contributed by atoms with Gasteiger partial charge in [-0.15, -0.1) is 0 Å². The molecule has 0 aliphatic carbocycles. The number of carbonyl (C=O) groups excluding carboxylic acids is 1. The summed E-state index contributed by atoms with van der Waals surface area (Å²) >= 11 is 4.83. The number of hydrogen-bond donors (Lipinski definition) is 1. The Hall–Kier alpha value is -2.12. The number of pyridine rings is 1. The standard InChI is InChI=1S/C17H14BrN3O2S/c1-11-9-14(21-23-11)10-24-17-15(3-2-8-19-17)16(22)20-13-6-4-12(18)5-7-13/h2-9H,10H2,1H3,(H,20,22). The third kappa shape index (κ3) is 4.24. The van der Waals surface area contributed by atoms with E-state index < -0.39 is 0 Å². The first-order valence-corrected chi connectivity index (χ1v) is 8.96. The number of rotatable bonds is 5. The minimum Gasteiger partial charge on any atom is -0.361 e. The first-order valence-electron chi connectivity index (χ1n) is 7.19. The summed E-state index contributed by atoms with van der Waals surface area (Å²) in [5.41, 5.74) is 2.09. The largest absolute Gasteiger partial charge is 0.361 e. The molecule has 0 saturated carbocycles. The number of nitrogens with one attached hydrogen (secondary N) is 1. The van der Waals surface area contributed by atoms with Gasteiger partial charge in [-0.05, 0) is 43.3 Å². The molecule has 0 aliphatic rings. The van der Waals surface area contributed by atoms with E-state index in [1.807, 2.05) is 37.3 Å². The van der Waals surface area contributed by atoms with Crippen molar-refractivity contribution in [3.8, 4) is 0 Å². The van der Waals surface area contributed by atoms with Gasteiger partial charge in [-0.1, -0.05) is 32.8 Å². The van der Waals surface area contributed by atoms with Crippen LogP contribution < -0.4 is 5.32 Å². The smallest absolute Gasteiger partial charge is 0.258 e. The number of anilines is 1. The minimum absolute atomic E-state index is 0.191. The van der Waals surface area contributed by atoms with Crippen LogP contribution in [0.1, 0.15) is 21.8 Å². The predicted molar refractivity (Wildman–Crippen MR) is 97.1 cm³/mol. The van der Waals surface area contributed by atoms with E-state index in [0.717, 1.165) is 21.6 Å². The number of aryl methyl sites for hydroxylation is 1. The number of halogens is 1. The number of nitrogens with zero attached hydrogens (tertiary/aromatic N) is 2. The van der Waals surface area contributed by atoms with E-state index in [1.165, 1.54) is 11.8 Å². The van der Waals surface area contributed by atoms with Gasteiger partial charge in [-0.2, -0.15) is 0 Å². The van der Waals surface area contributed by atoms with Gasteiger partial charge in [-0.25, -0.2) is 4.98 Å². The van der Waals surface area contributed by atoms with E-state index in [2.05, 4.69) is 31.4 Å². The second kappa shape index (κ2) is 7.63. The lowest BCUT2D eigenvalue weighted by Crippen LogP contribution is -2.13. The number of benzene rings is 1. The van der Waals surface area contributed by atoms with Crippen LogP contribution in [0.3, 0.4) is 0 Å². The molecule has 7 heteroatoms. The van der Waals surface area contributed by atoms with Crippen LogP contribution in [-0.4, -0.2) is 16.0 Å². The molecule has 0 saturated heterocycles. The molecular formula is C17H14BrN3O2S. The van der Waals surface area contributed by atoms with Gasteiger partial charge in [0.05, 0.1) is 11.3 Å². The molecular weight excluding hydrogens is 390 g/mol. The molecule has 2 heterocycles. The van der Waals surface area contributed by atoms with E-state index in [9.17, 15) is 4.79 Å². The molecule has 2 aromatic heterocycles. The number of aromatic nitrogens is 2. The monoisotopic (exact) mass is 403 g/mol. The topological polar surface area (TPSA) is 68.0 Å². The van der Waals surface area contributed by atoms with Crippen LogP contribution in [0.4, 0.5) is 5.69 Å². The van der Waals surface area contributed by atoms with E-state index in [4.69, 9.17) is 4.52 Å². The second-order valence-electron chi connectivity index (χ2n) is 5.03. The number of amides is 1. The quantitative estimate of drug-likeness (QED) is 0.626. The average Bonchev–Trinajstić information content (AvgIpc) is 3.01. The Morgan fingerprint density at radius 1 is 1.29 bits per heavy atom. The maximum atomic E-state index is 12.5. The fraction of sp³-hybridized carbons (Fsp3) is 0.118. The van der Waals surface area contributed by atoms with Gasteiger partial charge in [-0.3, -0.25) is 4.79 Å². The molecule has 5 nitrogen and oxygen atoms in total. The van der Waals surface area contributed by atoms with Crippen molar-refractivity contribution in [1.29, 1.82) is 0 Å². The third-order valence-corrected chi connectivity index (χ3v) is 4.72. The Kier molecular flexibility index (Phi) is 5.32. The Balaban J connectivity index is 1.72. The Labute approximate surface area is 152 Å². The van der Waals surface area contributed by atoms with Crippen LogP contribution in [-0.2, 0) is 5.75 Å². The van der Waals surface area contributed by atoms with E-state index in [0.29, 0.717) is 16.3 Å². The molecule has 1 amide bonds. The molecule has 0 unspecified atom stereocenters. The zero-order valence-electron chi connectivity index (χ0n) is 12.8. The van der Waals surface area contributed by atoms with Crippen LogP contribution in [0, 0.1) is 6.92 Å². The average molecular weight is 404 g/mol. The molecule has 0 atom stereocenters. The molecule has 122 valence electrons. The van der Waals surface area contributed by atoms with Crippen molar-refractivity contribution in [2.24, 2.45) is 0 Å². The highest BCUT2D eigenvalue weighted by Gasteiger charge is 2.14. The zero-order valence-corrected chi connectivity index (χ0v) is 15.2. The molecule has 24 heavy (non-hydrogen) atoms. The van der Waals surface area contributed by atoms with Gasteiger partial charge in [0.25, 0.3) is 5.91 Å². The van der Waals surface area contributed by atoms with Crippen LogP contribution in [0.15, 0.2) is 62.7 Å². The summed E-state index contributed by atoms with van der Waals surface area (Å²) in [7, 11) is 0. The van der Waals surface area contributed by atoms with Crippen molar-refractivity contribution >= 4 is 39.3 Å². The first kappa shape index (κ1) is 16.7. The van der Waals surface area contributed by atoms with Gasteiger partial charge in [0.1, 0.15) is 10.8 Å². The molecule has 0 aliphatic heterocycles. The maximum absolute atomic E-state index is 12.5. The van der Waals surface area contributed by atoms with Crippen LogP contribution in [0.2, 0.25) is 0 Å². The summed E-state index contributed by atoms with van der Waals surface area (Å²) in [6, 6.07) is 12.8. The van der Waals surface area contributed by atoms with Crippen molar-refractivity contribution in [2.75, 3.05) is 5.32 Å². The Morgan fingerprint density at radius 2 is 2.08 bits per heavy atom. The van der Waals surface area contributed by atoms with E-state index in [1.54, 1.807) is 18.3 Å². The lowest BCUT2D eigenvalue weighted by Gasteiger charge is -2.08. The second-order valence-corrected chi connectivity index (χ2v) is 6.91. The van der Waals surface area contributed by atoms with Crippen LogP contribution in [0.5, 0.6) is 0 Å². The molecule has 0 radical (unpaired) electrons. The lowest BCUT2D eigenvalue weighted by atomic mass is 10.2. The van der Waals surface area contributed by atoms with Crippen LogP contribution in [0.25, 0.3) is 0 Å². The first-order chi connectivity index (χ1) is 11.6.